The second-order valence-corrected chi connectivity index (χ2v) is 7.81. The molecule has 5 rings (SSSR count). The van der Waals surface area contributed by atoms with Gasteiger partial charge in [-0.3, -0.25) is 4.90 Å². The lowest BCUT2D eigenvalue weighted by Crippen LogP contribution is -2.45. The monoisotopic (exact) mass is 328 g/mol. The molecule has 2 atom stereocenters. The van der Waals surface area contributed by atoms with E-state index in [0.29, 0.717) is 12.1 Å². The average Bonchev–Trinajstić information content (AvgIpc) is 3.45. The van der Waals surface area contributed by atoms with E-state index in [1.807, 2.05) is 30.3 Å². The lowest BCUT2D eigenvalue weighted by atomic mass is 10.1. The first-order valence-electron chi connectivity index (χ1n) is 9.12. The molecule has 2 aliphatic carbocycles. The van der Waals surface area contributed by atoms with Crippen molar-refractivity contribution in [3.05, 3.63) is 35.9 Å². The molecular weight excluding hydrogens is 304 g/mol. The van der Waals surface area contributed by atoms with Crippen molar-refractivity contribution in [2.24, 2.45) is 0 Å². The summed E-state index contributed by atoms with van der Waals surface area (Å²) in [4.78, 5) is 14.7. The summed E-state index contributed by atoms with van der Waals surface area (Å²) in [7, 11) is 0. The molecule has 128 valence electrons. The van der Waals surface area contributed by atoms with Crippen LogP contribution in [0.4, 0.5) is 4.79 Å². The minimum atomic E-state index is -0.326. The van der Waals surface area contributed by atoms with Crippen molar-refractivity contribution in [1.82, 2.24) is 10.2 Å². The molecule has 1 amide bonds. The first kappa shape index (κ1) is 14.7. The molecule has 2 unspecified atom stereocenters. The molecule has 1 aromatic rings. The highest BCUT2D eigenvalue weighted by atomic mass is 16.6. The third-order valence-corrected chi connectivity index (χ3v) is 6.15. The van der Waals surface area contributed by atoms with Crippen molar-refractivity contribution < 1.29 is 14.3 Å². The summed E-state index contributed by atoms with van der Waals surface area (Å²) < 4.78 is 11.4. The number of hydrogen-bond acceptors (Lipinski definition) is 4. The third-order valence-electron chi connectivity index (χ3n) is 6.15. The molecule has 1 N–H and O–H groups in total. The van der Waals surface area contributed by atoms with E-state index < -0.39 is 0 Å². The van der Waals surface area contributed by atoms with Gasteiger partial charge in [0.2, 0.25) is 0 Å². The predicted molar refractivity (Wildman–Crippen MR) is 88.3 cm³/mol. The van der Waals surface area contributed by atoms with Crippen LogP contribution in [0.5, 0.6) is 0 Å². The molecule has 2 saturated carbocycles. The van der Waals surface area contributed by atoms with Gasteiger partial charge in [0.15, 0.2) is 0 Å². The number of nitrogens with one attached hydrogen (secondary N) is 1. The molecule has 1 spiro atoms. The Hall–Kier alpha value is -1.59. The van der Waals surface area contributed by atoms with Gasteiger partial charge in [-0.25, -0.2) is 4.79 Å². The van der Waals surface area contributed by atoms with Crippen LogP contribution < -0.4 is 5.32 Å². The predicted octanol–water partition coefficient (Wildman–Crippen LogP) is 2.80. The normalized spacial score (nSPS) is 31.7. The van der Waals surface area contributed by atoms with Gasteiger partial charge in [-0.2, -0.15) is 0 Å². The largest absolute Gasteiger partial charge is 0.445 e. The van der Waals surface area contributed by atoms with Crippen molar-refractivity contribution in [3.63, 3.8) is 0 Å². The molecule has 4 aliphatic rings. The second-order valence-electron chi connectivity index (χ2n) is 7.81. The van der Waals surface area contributed by atoms with E-state index in [9.17, 15) is 4.79 Å². The van der Waals surface area contributed by atoms with Gasteiger partial charge in [0, 0.05) is 12.1 Å². The zero-order chi connectivity index (χ0) is 16.2. The van der Waals surface area contributed by atoms with Gasteiger partial charge in [0.1, 0.15) is 18.9 Å². The number of benzene rings is 1. The van der Waals surface area contributed by atoms with Crippen LogP contribution in [-0.2, 0) is 16.1 Å². The Labute approximate surface area is 142 Å². The summed E-state index contributed by atoms with van der Waals surface area (Å²) in [5.41, 5.74) is 1.27. The number of nitrogens with zero attached hydrogens (tertiary/aromatic N) is 1. The van der Waals surface area contributed by atoms with E-state index >= 15 is 0 Å². The molecule has 4 fully saturated rings. The van der Waals surface area contributed by atoms with Crippen molar-refractivity contribution >= 4 is 6.09 Å². The number of amides is 1. The zero-order valence-corrected chi connectivity index (χ0v) is 13.9. The van der Waals surface area contributed by atoms with Crippen molar-refractivity contribution in [3.8, 4) is 0 Å². The van der Waals surface area contributed by atoms with Crippen LogP contribution in [0.15, 0.2) is 30.3 Å². The third kappa shape index (κ3) is 2.50. The Balaban J connectivity index is 1.15. The van der Waals surface area contributed by atoms with Gasteiger partial charge in [-0.15, -0.1) is 0 Å². The standard InChI is InChI=1S/C19H24N2O3/c22-17(23-13-14-5-2-1-3-6-14)20-19(10-11-19)15-16(24-15)21-12-4-7-18(21)8-9-18/h1-3,5-6,15-16H,4,7-13H2,(H,20,22). The fraction of sp³-hybridized carbons (Fsp3) is 0.632. The van der Waals surface area contributed by atoms with Gasteiger partial charge in [0.05, 0.1) is 5.54 Å². The van der Waals surface area contributed by atoms with Crippen molar-refractivity contribution in [2.45, 2.75) is 68.5 Å². The van der Waals surface area contributed by atoms with Crippen LogP contribution in [0.2, 0.25) is 0 Å². The van der Waals surface area contributed by atoms with Crippen LogP contribution in [0.25, 0.3) is 0 Å². The van der Waals surface area contributed by atoms with E-state index in [-0.39, 0.29) is 24.0 Å². The highest BCUT2D eigenvalue weighted by molar-refractivity contribution is 5.69. The molecule has 0 bridgehead atoms. The van der Waals surface area contributed by atoms with Crippen LogP contribution in [0, 0.1) is 0 Å². The lowest BCUT2D eigenvalue weighted by Gasteiger charge is -2.23. The Morgan fingerprint density at radius 3 is 2.71 bits per heavy atom. The Bertz CT molecular complexity index is 639. The highest BCUT2D eigenvalue weighted by Gasteiger charge is 2.68. The van der Waals surface area contributed by atoms with E-state index in [2.05, 4.69) is 10.2 Å². The molecule has 5 nitrogen and oxygen atoms in total. The first-order chi connectivity index (χ1) is 11.7. The van der Waals surface area contributed by atoms with E-state index in [4.69, 9.17) is 9.47 Å². The molecule has 24 heavy (non-hydrogen) atoms. The van der Waals surface area contributed by atoms with Crippen LogP contribution in [0.3, 0.4) is 0 Å². The summed E-state index contributed by atoms with van der Waals surface area (Å²) in [6, 6.07) is 9.78. The Kier molecular flexibility index (Phi) is 3.19. The fourth-order valence-electron chi connectivity index (χ4n) is 4.36. The molecule has 1 aromatic carbocycles. The first-order valence-corrected chi connectivity index (χ1v) is 9.12. The average molecular weight is 328 g/mol. The summed E-state index contributed by atoms with van der Waals surface area (Å²) >= 11 is 0. The molecule has 2 heterocycles. The Morgan fingerprint density at radius 2 is 2.00 bits per heavy atom. The van der Waals surface area contributed by atoms with Crippen LogP contribution >= 0.6 is 0 Å². The van der Waals surface area contributed by atoms with E-state index in [1.165, 1.54) is 25.7 Å². The fourth-order valence-corrected chi connectivity index (χ4v) is 4.36. The maximum Gasteiger partial charge on any atom is 0.407 e. The van der Waals surface area contributed by atoms with Crippen LogP contribution in [-0.4, -0.2) is 40.9 Å². The molecule has 0 aromatic heterocycles. The maximum atomic E-state index is 12.2. The molecule has 2 aliphatic heterocycles. The number of ether oxygens (including phenoxy) is 2. The summed E-state index contributed by atoms with van der Waals surface area (Å²) in [6.45, 7) is 1.46. The van der Waals surface area contributed by atoms with Crippen molar-refractivity contribution in [1.29, 1.82) is 0 Å². The highest BCUT2D eigenvalue weighted by Crippen LogP contribution is 2.57. The molecule has 2 saturated heterocycles. The molecule has 0 radical (unpaired) electrons. The topological polar surface area (TPSA) is 54.1 Å². The van der Waals surface area contributed by atoms with Gasteiger partial charge >= 0.3 is 6.09 Å². The minimum Gasteiger partial charge on any atom is -0.445 e. The quantitative estimate of drug-likeness (QED) is 0.845. The molecule has 5 heteroatoms. The number of likely N-dealkylation sites (tertiary alicyclic amines) is 1. The van der Waals surface area contributed by atoms with Gasteiger partial charge in [-0.1, -0.05) is 30.3 Å². The molecular formula is C19H24N2O3. The second kappa shape index (κ2) is 5.20. The summed E-state index contributed by atoms with van der Waals surface area (Å²) in [5, 5.41) is 3.09. The van der Waals surface area contributed by atoms with E-state index in [1.54, 1.807) is 0 Å². The summed E-state index contributed by atoms with van der Waals surface area (Å²) in [5.74, 6) is 0. The number of epoxide rings is 1. The SMILES string of the molecule is O=C(NC1(C2OC2N2CCCC23CC3)CC1)OCc1ccccc1. The zero-order valence-electron chi connectivity index (χ0n) is 13.9. The van der Waals surface area contributed by atoms with Crippen molar-refractivity contribution in [2.75, 3.05) is 6.54 Å². The minimum absolute atomic E-state index is 0.150. The van der Waals surface area contributed by atoms with Gasteiger partial charge in [-0.05, 0) is 44.1 Å². The van der Waals surface area contributed by atoms with E-state index in [0.717, 1.165) is 24.9 Å². The number of hydrogen-bond donors (Lipinski definition) is 1. The van der Waals surface area contributed by atoms with Crippen LogP contribution in [0.1, 0.15) is 44.1 Å². The number of alkyl carbamates (subject to hydrolysis) is 1. The number of rotatable bonds is 5. The summed E-state index contributed by atoms with van der Waals surface area (Å²) in [6.07, 6.45) is 7.27. The maximum absolute atomic E-state index is 12.2. The lowest BCUT2D eigenvalue weighted by molar-refractivity contribution is 0.131. The van der Waals surface area contributed by atoms with Gasteiger partial charge in [0.25, 0.3) is 0 Å². The Morgan fingerprint density at radius 1 is 1.21 bits per heavy atom. The smallest absolute Gasteiger partial charge is 0.407 e. The number of carbonyl (C=O) groups excluding carboxylic acids is 1. The number of carbonyl (C=O) groups is 1. The van der Waals surface area contributed by atoms with Gasteiger partial charge < -0.3 is 14.8 Å².